The number of rotatable bonds is 5. The Morgan fingerprint density at radius 3 is 2.30 bits per heavy atom. The van der Waals surface area contributed by atoms with E-state index in [1.807, 2.05) is 25.2 Å². The highest BCUT2D eigenvalue weighted by atomic mass is 32.2. The lowest BCUT2D eigenvalue weighted by Crippen LogP contribution is -2.68. The third kappa shape index (κ3) is 3.13. The number of hydrogen-bond acceptors (Lipinski definition) is 6. The van der Waals surface area contributed by atoms with Gasteiger partial charge in [-0.1, -0.05) is 24.6 Å². The summed E-state index contributed by atoms with van der Waals surface area (Å²) in [4.78, 5) is 6.13. The molecule has 0 N–H and O–H groups in total. The summed E-state index contributed by atoms with van der Waals surface area (Å²) in [5.74, 6) is 0. The number of methoxy groups -OCH3 is 1. The molecule has 150 valence electrons. The molecule has 2 heterocycles. The number of likely N-dealkylation sites (N-methyl/N-ethyl adjacent to an activating group) is 1. The smallest absolute Gasteiger partial charge is 0.212 e. The van der Waals surface area contributed by atoms with E-state index in [0.717, 1.165) is 38.8 Å². The first-order chi connectivity index (χ1) is 13.0. The van der Waals surface area contributed by atoms with Crippen molar-refractivity contribution in [2.45, 2.75) is 54.1 Å². The molecule has 1 aromatic carbocycles. The van der Waals surface area contributed by atoms with Crippen molar-refractivity contribution in [2.24, 2.45) is 0 Å². The highest BCUT2D eigenvalue weighted by Gasteiger charge is 2.60. The maximum atomic E-state index is 14.1. The molecule has 1 unspecified atom stereocenters. The normalized spacial score (nSPS) is 29.9. The summed E-state index contributed by atoms with van der Waals surface area (Å²) in [6, 6.07) is 9.37. The molecule has 0 aromatic heterocycles. The minimum absolute atomic E-state index is 0.231. The number of likely N-dealkylation sites (tertiary alicyclic amines) is 1. The Bertz CT molecular complexity index is 745. The van der Waals surface area contributed by atoms with Crippen molar-refractivity contribution in [2.75, 3.05) is 40.5 Å². The van der Waals surface area contributed by atoms with E-state index in [0.29, 0.717) is 24.2 Å². The monoisotopic (exact) mass is 393 g/mol. The number of nitrogens with zero attached hydrogens (tertiary/aromatic N) is 3. The summed E-state index contributed by atoms with van der Waals surface area (Å²) in [6.45, 7) is 2.74. The summed E-state index contributed by atoms with van der Waals surface area (Å²) < 4.78 is 33.7. The van der Waals surface area contributed by atoms with Crippen molar-refractivity contribution in [1.82, 2.24) is 14.7 Å². The number of hydrogen-bond donors (Lipinski definition) is 0. The zero-order valence-corrected chi connectivity index (χ0v) is 17.2. The van der Waals surface area contributed by atoms with Crippen LogP contribution < -0.4 is 0 Å². The van der Waals surface area contributed by atoms with E-state index in [1.54, 1.807) is 19.2 Å². The van der Waals surface area contributed by atoms with E-state index < -0.39 is 14.8 Å². The molecule has 0 radical (unpaired) electrons. The van der Waals surface area contributed by atoms with E-state index in [-0.39, 0.29) is 6.10 Å². The fourth-order valence-corrected chi connectivity index (χ4v) is 7.20. The van der Waals surface area contributed by atoms with Gasteiger partial charge in [0.15, 0.2) is 4.99 Å². The molecule has 0 spiro atoms. The molecule has 6 nitrogen and oxygen atoms in total. The first-order valence-electron chi connectivity index (χ1n) is 10.0. The van der Waals surface area contributed by atoms with Crippen LogP contribution in [-0.2, 0) is 14.6 Å². The van der Waals surface area contributed by atoms with E-state index in [2.05, 4.69) is 14.7 Å². The summed E-state index contributed by atoms with van der Waals surface area (Å²) in [5, 5.41) is 0. The Kier molecular flexibility index (Phi) is 5.33. The molecule has 3 aliphatic rings. The maximum absolute atomic E-state index is 14.1. The van der Waals surface area contributed by atoms with Gasteiger partial charge in [-0.05, 0) is 44.9 Å². The second-order valence-electron chi connectivity index (χ2n) is 8.19. The number of sulfone groups is 1. The molecular formula is C20H31N3O3S. The molecule has 1 aliphatic carbocycles. The summed E-state index contributed by atoms with van der Waals surface area (Å²) in [7, 11) is 0.230. The van der Waals surface area contributed by atoms with Gasteiger partial charge >= 0.3 is 0 Å². The van der Waals surface area contributed by atoms with Gasteiger partial charge in [-0.3, -0.25) is 14.7 Å². The van der Waals surface area contributed by atoms with Crippen LogP contribution in [0.15, 0.2) is 35.2 Å². The van der Waals surface area contributed by atoms with Gasteiger partial charge in [-0.2, -0.15) is 0 Å². The third-order valence-electron chi connectivity index (χ3n) is 6.59. The van der Waals surface area contributed by atoms with Crippen molar-refractivity contribution >= 4 is 9.84 Å². The zero-order valence-electron chi connectivity index (χ0n) is 16.4. The van der Waals surface area contributed by atoms with Gasteiger partial charge in [0.05, 0.1) is 17.7 Å². The lowest BCUT2D eigenvalue weighted by Gasteiger charge is -2.51. The van der Waals surface area contributed by atoms with Crippen LogP contribution in [0.4, 0.5) is 0 Å². The van der Waals surface area contributed by atoms with Gasteiger partial charge in [0.25, 0.3) is 0 Å². The van der Waals surface area contributed by atoms with Crippen molar-refractivity contribution < 1.29 is 13.2 Å². The summed E-state index contributed by atoms with van der Waals surface area (Å²) >= 11 is 0. The van der Waals surface area contributed by atoms with Crippen molar-refractivity contribution in [3.8, 4) is 0 Å². The van der Waals surface area contributed by atoms with Gasteiger partial charge in [-0.15, -0.1) is 0 Å². The van der Waals surface area contributed by atoms with Crippen molar-refractivity contribution in [3.63, 3.8) is 0 Å². The standard InChI is InChI=1S/C20H31N3O3S/c1-21-15-20(23(16-21)17-7-6-8-17,22-13-11-18(26-2)12-14-22)27(24,25)19-9-4-3-5-10-19/h3-5,9-10,17-18H,6-8,11-16H2,1-2H3. The van der Waals surface area contributed by atoms with Crippen molar-refractivity contribution in [1.29, 1.82) is 0 Å². The Balaban J connectivity index is 1.78. The van der Waals surface area contributed by atoms with Crippen LogP contribution in [0.3, 0.4) is 0 Å². The van der Waals surface area contributed by atoms with Gasteiger partial charge in [-0.25, -0.2) is 8.42 Å². The summed E-state index contributed by atoms with van der Waals surface area (Å²) in [5.41, 5.74) is 0. The quantitative estimate of drug-likeness (QED) is 0.763. The van der Waals surface area contributed by atoms with Crippen LogP contribution in [0.5, 0.6) is 0 Å². The second kappa shape index (κ2) is 7.44. The Morgan fingerprint density at radius 2 is 1.74 bits per heavy atom. The third-order valence-corrected chi connectivity index (χ3v) is 8.96. The Morgan fingerprint density at radius 1 is 1.07 bits per heavy atom. The van der Waals surface area contributed by atoms with Crippen LogP contribution in [-0.4, -0.2) is 80.7 Å². The second-order valence-corrected chi connectivity index (χ2v) is 10.3. The number of ether oxygens (including phenoxy) is 1. The first-order valence-corrected chi connectivity index (χ1v) is 11.5. The Hall–Kier alpha value is -0.990. The van der Waals surface area contributed by atoms with Crippen molar-refractivity contribution in [3.05, 3.63) is 30.3 Å². The first kappa shape index (κ1) is 19.3. The van der Waals surface area contributed by atoms with Gasteiger partial charge < -0.3 is 4.74 Å². The van der Waals surface area contributed by atoms with E-state index in [1.165, 1.54) is 6.42 Å². The SMILES string of the molecule is COC1CCN(C2(S(=O)(=O)c3ccccc3)CN(C)CN2C2CCC2)CC1. The minimum atomic E-state index is -3.56. The highest BCUT2D eigenvalue weighted by molar-refractivity contribution is 7.92. The number of piperidine rings is 1. The molecule has 0 amide bonds. The highest BCUT2D eigenvalue weighted by Crippen LogP contribution is 2.43. The molecule has 2 saturated heterocycles. The average molecular weight is 394 g/mol. The molecule has 1 atom stereocenters. The Labute approximate surface area is 163 Å². The van der Waals surface area contributed by atoms with Crippen LogP contribution >= 0.6 is 0 Å². The van der Waals surface area contributed by atoms with Gasteiger partial charge in [0.1, 0.15) is 0 Å². The van der Waals surface area contributed by atoms with E-state index in [4.69, 9.17) is 4.74 Å². The fourth-order valence-electron chi connectivity index (χ4n) is 4.88. The van der Waals surface area contributed by atoms with Crippen LogP contribution in [0.25, 0.3) is 0 Å². The topological polar surface area (TPSA) is 53.1 Å². The molecular weight excluding hydrogens is 362 g/mol. The average Bonchev–Trinajstić information content (AvgIpc) is 2.99. The van der Waals surface area contributed by atoms with Gasteiger partial charge in [0, 0.05) is 32.8 Å². The predicted molar refractivity (Wildman–Crippen MR) is 105 cm³/mol. The molecule has 4 rings (SSSR count). The molecule has 0 bridgehead atoms. The van der Waals surface area contributed by atoms with E-state index >= 15 is 0 Å². The molecule has 2 aliphatic heterocycles. The number of benzene rings is 1. The molecule has 7 heteroatoms. The molecule has 1 aromatic rings. The lowest BCUT2D eigenvalue weighted by atomic mass is 9.91. The predicted octanol–water partition coefficient (Wildman–Crippen LogP) is 1.98. The molecule has 27 heavy (non-hydrogen) atoms. The van der Waals surface area contributed by atoms with Gasteiger partial charge in [0.2, 0.25) is 9.84 Å². The largest absolute Gasteiger partial charge is 0.381 e. The zero-order chi connectivity index (χ0) is 19.1. The van der Waals surface area contributed by atoms with Crippen LogP contribution in [0.1, 0.15) is 32.1 Å². The molecule has 3 fully saturated rings. The van der Waals surface area contributed by atoms with E-state index in [9.17, 15) is 8.42 Å². The summed E-state index contributed by atoms with van der Waals surface area (Å²) in [6.07, 6.45) is 5.37. The fraction of sp³-hybridized carbons (Fsp3) is 0.700. The maximum Gasteiger partial charge on any atom is 0.212 e. The lowest BCUT2D eigenvalue weighted by molar-refractivity contribution is -0.0440. The minimum Gasteiger partial charge on any atom is -0.381 e. The van der Waals surface area contributed by atoms with Crippen LogP contribution in [0, 0.1) is 0 Å². The molecule has 1 saturated carbocycles. The van der Waals surface area contributed by atoms with Crippen LogP contribution in [0.2, 0.25) is 0 Å².